The highest BCUT2D eigenvalue weighted by atomic mass is 19.1. The zero-order valence-corrected chi connectivity index (χ0v) is 33.8. The summed E-state index contributed by atoms with van der Waals surface area (Å²) >= 11 is 0. The molecule has 1 fully saturated rings. The van der Waals surface area contributed by atoms with Gasteiger partial charge < -0.3 is 41.2 Å². The first kappa shape index (κ1) is 46.7. The first-order valence-electron chi connectivity index (χ1n) is 19.0. The van der Waals surface area contributed by atoms with Crippen molar-refractivity contribution in [3.05, 3.63) is 29.8 Å². The lowest BCUT2D eigenvalue weighted by molar-refractivity contribution is -0.154. The maximum Gasteiger partial charge on any atom is 0.410 e. The minimum absolute atomic E-state index is 0.0346. The van der Waals surface area contributed by atoms with Crippen molar-refractivity contribution in [2.75, 3.05) is 38.2 Å². The van der Waals surface area contributed by atoms with Crippen molar-refractivity contribution >= 4 is 41.5 Å². The minimum Gasteiger partial charge on any atom is -0.463 e. The number of carbonyl (C=O) groups is 6. The molecule has 0 radical (unpaired) electrons. The van der Waals surface area contributed by atoms with Gasteiger partial charge in [0, 0.05) is 31.7 Å². The summed E-state index contributed by atoms with van der Waals surface area (Å²) in [4.78, 5) is 77.0. The van der Waals surface area contributed by atoms with Crippen LogP contribution < -0.4 is 27.0 Å². The lowest BCUT2D eigenvalue weighted by Crippen LogP contribution is -2.54. The maximum absolute atomic E-state index is 14.2. The SMILES string of the molecule is CC(C)[C@H](NC(=O)CCOCCC(C)(C)C)C(=O)N[C@@H](CCCCNC(N)=O)C(=O)Nc1ccc(COC(=O)N2C[C@@H](F)C[C@H]2COC(=O)C(C)(C)C)cc1. The van der Waals surface area contributed by atoms with Crippen LogP contribution >= 0.6 is 0 Å². The van der Waals surface area contributed by atoms with E-state index in [4.69, 9.17) is 19.9 Å². The molecular formula is C39H63FN6O9. The molecule has 0 bridgehead atoms. The van der Waals surface area contributed by atoms with Crippen LogP contribution in [0.15, 0.2) is 24.3 Å². The number of hydrogen-bond donors (Lipinski definition) is 5. The number of amides is 6. The van der Waals surface area contributed by atoms with E-state index in [1.54, 1.807) is 58.9 Å². The minimum atomic E-state index is -1.27. The fourth-order valence-corrected chi connectivity index (χ4v) is 5.41. The number of nitrogens with zero attached hydrogens (tertiary/aromatic N) is 1. The van der Waals surface area contributed by atoms with Gasteiger partial charge in [0.1, 0.15) is 31.5 Å². The Bertz CT molecular complexity index is 1430. The van der Waals surface area contributed by atoms with Crippen LogP contribution in [-0.4, -0.2) is 97.9 Å². The van der Waals surface area contributed by atoms with Crippen LogP contribution in [0.5, 0.6) is 0 Å². The van der Waals surface area contributed by atoms with E-state index >= 15 is 0 Å². The van der Waals surface area contributed by atoms with Gasteiger partial charge in [-0.25, -0.2) is 14.0 Å². The number of nitrogens with two attached hydrogens (primary N) is 1. The van der Waals surface area contributed by atoms with Crippen LogP contribution in [0.3, 0.4) is 0 Å². The Morgan fingerprint density at radius 1 is 0.927 bits per heavy atom. The van der Waals surface area contributed by atoms with Gasteiger partial charge in [-0.1, -0.05) is 46.8 Å². The number of unbranched alkanes of at least 4 members (excludes halogenated alkanes) is 1. The van der Waals surface area contributed by atoms with Crippen molar-refractivity contribution < 1.29 is 47.4 Å². The lowest BCUT2D eigenvalue weighted by Gasteiger charge is -2.25. The summed E-state index contributed by atoms with van der Waals surface area (Å²) in [6.45, 7) is 15.6. The fourth-order valence-electron chi connectivity index (χ4n) is 5.41. The maximum atomic E-state index is 14.2. The molecule has 0 unspecified atom stereocenters. The van der Waals surface area contributed by atoms with Crippen molar-refractivity contribution in [1.82, 2.24) is 20.9 Å². The predicted octanol–water partition coefficient (Wildman–Crippen LogP) is 4.57. The number of ether oxygens (including phenoxy) is 3. The number of carbonyl (C=O) groups excluding carboxylic acids is 6. The van der Waals surface area contributed by atoms with Crippen LogP contribution in [0.4, 0.5) is 19.7 Å². The van der Waals surface area contributed by atoms with Crippen LogP contribution in [0, 0.1) is 16.7 Å². The molecule has 55 heavy (non-hydrogen) atoms. The number of alkyl halides is 1. The second-order valence-corrected chi connectivity index (χ2v) is 16.5. The molecule has 1 aromatic rings. The molecule has 16 heteroatoms. The molecule has 1 heterocycles. The zero-order chi connectivity index (χ0) is 41.3. The molecule has 1 saturated heterocycles. The molecule has 1 aliphatic rings. The number of primary amides is 1. The third kappa shape index (κ3) is 18.1. The molecule has 1 aromatic carbocycles. The second-order valence-electron chi connectivity index (χ2n) is 16.5. The summed E-state index contributed by atoms with van der Waals surface area (Å²) in [5, 5.41) is 10.9. The summed E-state index contributed by atoms with van der Waals surface area (Å²) in [6, 6.07) is 3.33. The van der Waals surface area contributed by atoms with E-state index in [1.807, 2.05) is 0 Å². The Labute approximate surface area is 324 Å². The van der Waals surface area contributed by atoms with Crippen LogP contribution in [0.25, 0.3) is 0 Å². The van der Waals surface area contributed by atoms with E-state index < -0.39 is 59.6 Å². The topological polar surface area (TPSA) is 207 Å². The number of halogens is 1. The average Bonchev–Trinajstić information content (AvgIpc) is 3.47. The summed E-state index contributed by atoms with van der Waals surface area (Å²) in [5.41, 5.74) is 5.53. The molecule has 0 aromatic heterocycles. The van der Waals surface area contributed by atoms with Crippen LogP contribution in [0.1, 0.15) is 99.5 Å². The number of esters is 1. The van der Waals surface area contributed by atoms with Gasteiger partial charge in [0.25, 0.3) is 0 Å². The number of nitrogens with one attached hydrogen (secondary N) is 4. The first-order chi connectivity index (χ1) is 25.7. The third-order valence-corrected chi connectivity index (χ3v) is 8.79. The van der Waals surface area contributed by atoms with Gasteiger partial charge in [0.15, 0.2) is 0 Å². The van der Waals surface area contributed by atoms with Crippen molar-refractivity contribution in [2.45, 2.75) is 125 Å². The van der Waals surface area contributed by atoms with E-state index in [-0.39, 0.29) is 62.9 Å². The van der Waals surface area contributed by atoms with Crippen molar-refractivity contribution in [2.24, 2.45) is 22.5 Å². The van der Waals surface area contributed by atoms with Crippen molar-refractivity contribution in [3.8, 4) is 0 Å². The largest absolute Gasteiger partial charge is 0.463 e. The summed E-state index contributed by atoms with van der Waals surface area (Å²) in [7, 11) is 0. The van der Waals surface area contributed by atoms with Crippen molar-refractivity contribution in [3.63, 3.8) is 0 Å². The van der Waals surface area contributed by atoms with Gasteiger partial charge in [-0.15, -0.1) is 0 Å². The average molecular weight is 779 g/mol. The highest BCUT2D eigenvalue weighted by molar-refractivity contribution is 5.98. The third-order valence-electron chi connectivity index (χ3n) is 8.79. The Morgan fingerprint density at radius 2 is 1.60 bits per heavy atom. The number of anilines is 1. The predicted molar refractivity (Wildman–Crippen MR) is 205 cm³/mol. The second kappa shape index (κ2) is 22.2. The standard InChI is InChI=1S/C39H63FN6O9/c1-25(2)32(45-31(47)16-19-53-20-17-38(3,4)5)34(49)44-30(11-9-10-18-42-36(41)51)33(48)43-28-14-12-26(13-15-28)23-55-37(52)46-22-27(40)21-29(46)24-54-35(50)39(6,7)8/h12-15,25,27,29-30,32H,9-11,16-24H2,1-8H3,(H,43,48)(H,44,49)(H,45,47)(H3,41,42,51)/t27-,29-,30-,32-/m0/s1. The molecule has 4 atom stereocenters. The number of rotatable bonds is 20. The lowest BCUT2D eigenvalue weighted by atomic mass is 9.93. The van der Waals surface area contributed by atoms with E-state index in [2.05, 4.69) is 42.0 Å². The van der Waals surface area contributed by atoms with Crippen molar-refractivity contribution in [1.29, 1.82) is 0 Å². The fraction of sp³-hybridized carbons (Fsp3) is 0.692. The molecule has 6 amide bonds. The van der Waals surface area contributed by atoms with E-state index in [0.29, 0.717) is 37.2 Å². The molecule has 6 N–H and O–H groups in total. The monoisotopic (exact) mass is 778 g/mol. The summed E-state index contributed by atoms with van der Waals surface area (Å²) in [5.74, 6) is -2.09. The van der Waals surface area contributed by atoms with Gasteiger partial charge in [-0.05, 0) is 75.5 Å². The highest BCUT2D eigenvalue weighted by Crippen LogP contribution is 2.24. The number of hydrogen-bond acceptors (Lipinski definition) is 9. The first-order valence-corrected chi connectivity index (χ1v) is 19.0. The molecule has 0 saturated carbocycles. The quantitative estimate of drug-likeness (QED) is 0.0927. The van der Waals surface area contributed by atoms with Gasteiger partial charge in [-0.2, -0.15) is 0 Å². The molecule has 0 aliphatic carbocycles. The Kier molecular flexibility index (Phi) is 18.8. The Balaban J connectivity index is 2.00. The normalized spacial score (nSPS) is 16.9. The van der Waals surface area contributed by atoms with E-state index in [9.17, 15) is 33.2 Å². The number of benzene rings is 1. The molecular weight excluding hydrogens is 715 g/mol. The van der Waals surface area contributed by atoms with Gasteiger partial charge in [-0.3, -0.25) is 24.1 Å². The number of likely N-dealkylation sites (tertiary alicyclic amines) is 1. The van der Waals surface area contributed by atoms with Gasteiger partial charge in [0.05, 0.1) is 24.6 Å². The molecule has 310 valence electrons. The van der Waals surface area contributed by atoms with Crippen LogP contribution in [0.2, 0.25) is 0 Å². The molecule has 2 rings (SSSR count). The van der Waals surface area contributed by atoms with Crippen LogP contribution in [-0.2, 0) is 40.0 Å². The zero-order valence-electron chi connectivity index (χ0n) is 33.8. The summed E-state index contributed by atoms with van der Waals surface area (Å²) in [6.07, 6.45) is 0.159. The van der Waals surface area contributed by atoms with E-state index in [0.717, 1.165) is 6.42 Å². The summed E-state index contributed by atoms with van der Waals surface area (Å²) < 4.78 is 30.6. The highest BCUT2D eigenvalue weighted by Gasteiger charge is 2.38. The Hall–Kier alpha value is -4.47. The molecule has 1 aliphatic heterocycles. The molecule has 0 spiro atoms. The van der Waals surface area contributed by atoms with Gasteiger partial charge >= 0.3 is 18.1 Å². The smallest absolute Gasteiger partial charge is 0.410 e. The Morgan fingerprint density at radius 3 is 2.20 bits per heavy atom. The molecule has 15 nitrogen and oxygen atoms in total. The van der Waals surface area contributed by atoms with E-state index in [1.165, 1.54) is 4.90 Å². The van der Waals surface area contributed by atoms with Gasteiger partial charge in [0.2, 0.25) is 17.7 Å². The number of urea groups is 1.